The van der Waals surface area contributed by atoms with Crippen LogP contribution in [0, 0.1) is 0 Å². The number of aromatic carboxylic acids is 1. The summed E-state index contributed by atoms with van der Waals surface area (Å²) in [7, 11) is 0. The van der Waals surface area contributed by atoms with Crippen LogP contribution >= 0.6 is 0 Å². The smallest absolute Gasteiger partial charge is 0.335 e. The first-order valence-electron chi connectivity index (χ1n) is 6.50. The van der Waals surface area contributed by atoms with Crippen LogP contribution in [0.5, 0.6) is 0 Å². The number of hydrogen-bond acceptors (Lipinski definition) is 3. The summed E-state index contributed by atoms with van der Waals surface area (Å²) >= 11 is 0. The molecule has 2 amide bonds. The highest BCUT2D eigenvalue weighted by Crippen LogP contribution is 2.09. The topological polar surface area (TPSA) is 95.5 Å². The number of carboxylic acid groups (broad SMARTS) is 1. The number of benzene rings is 1. The molecule has 106 valence electrons. The third-order valence-corrected chi connectivity index (χ3v) is 3.21. The highest BCUT2D eigenvalue weighted by molar-refractivity contribution is 5.99. The van der Waals surface area contributed by atoms with Crippen molar-refractivity contribution in [1.82, 2.24) is 10.6 Å². The Morgan fingerprint density at radius 2 is 2.00 bits per heavy atom. The summed E-state index contributed by atoms with van der Waals surface area (Å²) < 4.78 is 0. The summed E-state index contributed by atoms with van der Waals surface area (Å²) in [6, 6.07) is 5.18. The highest BCUT2D eigenvalue weighted by Gasteiger charge is 2.23. The molecule has 0 aliphatic carbocycles. The van der Waals surface area contributed by atoms with Gasteiger partial charge in [-0.2, -0.15) is 0 Å². The van der Waals surface area contributed by atoms with Crippen LogP contribution in [0.4, 0.5) is 0 Å². The Kier molecular flexibility index (Phi) is 4.34. The zero-order valence-corrected chi connectivity index (χ0v) is 10.9. The molecule has 1 aliphatic heterocycles. The lowest BCUT2D eigenvalue weighted by molar-refractivity contribution is -0.122. The van der Waals surface area contributed by atoms with Gasteiger partial charge >= 0.3 is 5.97 Å². The third-order valence-electron chi connectivity index (χ3n) is 3.21. The second kappa shape index (κ2) is 6.18. The molecule has 3 N–H and O–H groups in total. The van der Waals surface area contributed by atoms with Crippen molar-refractivity contribution in [3.8, 4) is 0 Å². The molecule has 1 aliphatic rings. The lowest BCUT2D eigenvalue weighted by Gasteiger charge is -2.15. The van der Waals surface area contributed by atoms with Crippen LogP contribution in [0.1, 0.15) is 40.0 Å². The Bertz CT molecular complexity index is 542. The van der Waals surface area contributed by atoms with Crippen molar-refractivity contribution in [2.45, 2.75) is 25.3 Å². The molecule has 0 aromatic heterocycles. The highest BCUT2D eigenvalue weighted by atomic mass is 16.4. The number of rotatable bonds is 3. The SMILES string of the molecule is O=C(O)c1cccc(C(=O)NC2CCCCNC2=O)c1. The molecule has 1 heterocycles. The van der Waals surface area contributed by atoms with Crippen molar-refractivity contribution in [3.63, 3.8) is 0 Å². The van der Waals surface area contributed by atoms with Gasteiger partial charge in [0, 0.05) is 12.1 Å². The molecule has 0 spiro atoms. The van der Waals surface area contributed by atoms with E-state index in [1.807, 2.05) is 0 Å². The Hall–Kier alpha value is -2.37. The van der Waals surface area contributed by atoms with Crippen LogP contribution < -0.4 is 10.6 Å². The van der Waals surface area contributed by atoms with Crippen LogP contribution in [0.25, 0.3) is 0 Å². The second-order valence-corrected chi connectivity index (χ2v) is 4.70. The van der Waals surface area contributed by atoms with Crippen molar-refractivity contribution < 1.29 is 19.5 Å². The van der Waals surface area contributed by atoms with E-state index < -0.39 is 17.9 Å². The largest absolute Gasteiger partial charge is 0.478 e. The number of carbonyl (C=O) groups is 3. The minimum Gasteiger partial charge on any atom is -0.478 e. The van der Waals surface area contributed by atoms with E-state index in [2.05, 4.69) is 10.6 Å². The molecule has 20 heavy (non-hydrogen) atoms. The van der Waals surface area contributed by atoms with Gasteiger partial charge in [0.2, 0.25) is 5.91 Å². The van der Waals surface area contributed by atoms with E-state index in [0.717, 1.165) is 12.8 Å². The Balaban J connectivity index is 2.09. The molecule has 0 saturated carbocycles. The fourth-order valence-corrected chi connectivity index (χ4v) is 2.11. The van der Waals surface area contributed by atoms with Gasteiger partial charge in [0.15, 0.2) is 0 Å². The van der Waals surface area contributed by atoms with Gasteiger partial charge in [-0.15, -0.1) is 0 Å². The predicted octanol–water partition coefficient (Wildman–Crippen LogP) is 0.783. The van der Waals surface area contributed by atoms with Crippen molar-refractivity contribution in [2.24, 2.45) is 0 Å². The fourth-order valence-electron chi connectivity index (χ4n) is 2.11. The van der Waals surface area contributed by atoms with E-state index in [-0.39, 0.29) is 17.0 Å². The van der Waals surface area contributed by atoms with Crippen molar-refractivity contribution in [2.75, 3.05) is 6.54 Å². The molecule has 1 aromatic rings. The molecule has 1 unspecified atom stereocenters. The molecular weight excluding hydrogens is 260 g/mol. The maximum Gasteiger partial charge on any atom is 0.335 e. The molecule has 1 atom stereocenters. The molecule has 6 heteroatoms. The number of carboxylic acids is 1. The summed E-state index contributed by atoms with van der Waals surface area (Å²) in [4.78, 5) is 34.7. The van der Waals surface area contributed by atoms with Gasteiger partial charge in [0.05, 0.1) is 5.56 Å². The van der Waals surface area contributed by atoms with E-state index in [4.69, 9.17) is 5.11 Å². The lowest BCUT2D eigenvalue weighted by Crippen LogP contribution is -2.45. The fraction of sp³-hybridized carbons (Fsp3) is 0.357. The van der Waals surface area contributed by atoms with E-state index in [0.29, 0.717) is 13.0 Å². The molecular formula is C14H16N2O4. The maximum absolute atomic E-state index is 12.1. The summed E-state index contributed by atoms with van der Waals surface area (Å²) in [5.41, 5.74) is 0.282. The molecule has 0 radical (unpaired) electrons. The van der Waals surface area contributed by atoms with Gasteiger partial charge in [-0.1, -0.05) is 6.07 Å². The Labute approximate surface area is 116 Å². The average Bonchev–Trinajstić information content (AvgIpc) is 2.64. The van der Waals surface area contributed by atoms with Gasteiger partial charge < -0.3 is 15.7 Å². The normalized spacial score (nSPS) is 18.8. The van der Waals surface area contributed by atoms with Crippen LogP contribution in [-0.2, 0) is 4.79 Å². The van der Waals surface area contributed by atoms with Crippen LogP contribution in [0.2, 0.25) is 0 Å². The molecule has 0 bridgehead atoms. The van der Waals surface area contributed by atoms with Crippen LogP contribution in [-0.4, -0.2) is 35.5 Å². The third kappa shape index (κ3) is 3.34. The van der Waals surface area contributed by atoms with E-state index in [1.165, 1.54) is 24.3 Å². The second-order valence-electron chi connectivity index (χ2n) is 4.70. The standard InChI is InChI=1S/C14H16N2O4/c17-12(9-4-3-5-10(8-9)14(19)20)16-11-6-1-2-7-15-13(11)18/h3-5,8,11H,1-2,6-7H2,(H,15,18)(H,16,17)(H,19,20). The Morgan fingerprint density at radius 1 is 1.25 bits per heavy atom. The first kappa shape index (κ1) is 14.0. The molecule has 1 aromatic carbocycles. The average molecular weight is 276 g/mol. The predicted molar refractivity (Wildman–Crippen MR) is 71.5 cm³/mol. The van der Waals surface area contributed by atoms with Gasteiger partial charge in [0.1, 0.15) is 6.04 Å². The molecule has 2 rings (SSSR count). The minimum absolute atomic E-state index is 0.0444. The van der Waals surface area contributed by atoms with Crippen molar-refractivity contribution in [1.29, 1.82) is 0 Å². The van der Waals surface area contributed by atoms with Gasteiger partial charge in [-0.25, -0.2) is 4.79 Å². The quantitative estimate of drug-likeness (QED) is 0.760. The van der Waals surface area contributed by atoms with Gasteiger partial charge in [-0.05, 0) is 37.5 Å². The maximum atomic E-state index is 12.1. The van der Waals surface area contributed by atoms with Crippen LogP contribution in [0.3, 0.4) is 0 Å². The molecule has 1 saturated heterocycles. The number of nitrogens with one attached hydrogen (secondary N) is 2. The zero-order chi connectivity index (χ0) is 14.5. The summed E-state index contributed by atoms with van der Waals surface area (Å²) in [5.74, 6) is -1.72. The molecule has 1 fully saturated rings. The van der Waals surface area contributed by atoms with E-state index in [1.54, 1.807) is 0 Å². The van der Waals surface area contributed by atoms with Crippen molar-refractivity contribution >= 4 is 17.8 Å². The summed E-state index contributed by atoms with van der Waals surface area (Å²) in [6.07, 6.45) is 2.35. The Morgan fingerprint density at radius 3 is 2.75 bits per heavy atom. The first-order chi connectivity index (χ1) is 9.58. The summed E-state index contributed by atoms with van der Waals surface area (Å²) in [5, 5.41) is 14.3. The number of hydrogen-bond donors (Lipinski definition) is 3. The minimum atomic E-state index is -1.09. The van der Waals surface area contributed by atoms with Gasteiger partial charge in [0.25, 0.3) is 5.91 Å². The van der Waals surface area contributed by atoms with Crippen LogP contribution in [0.15, 0.2) is 24.3 Å². The van der Waals surface area contributed by atoms with Crippen molar-refractivity contribution in [3.05, 3.63) is 35.4 Å². The summed E-state index contributed by atoms with van der Waals surface area (Å²) in [6.45, 7) is 0.625. The number of amides is 2. The zero-order valence-electron chi connectivity index (χ0n) is 10.9. The number of carbonyl (C=O) groups excluding carboxylic acids is 2. The lowest BCUT2D eigenvalue weighted by atomic mass is 10.1. The first-order valence-corrected chi connectivity index (χ1v) is 6.50. The van der Waals surface area contributed by atoms with Gasteiger partial charge in [-0.3, -0.25) is 9.59 Å². The van der Waals surface area contributed by atoms with E-state index in [9.17, 15) is 14.4 Å². The van der Waals surface area contributed by atoms with E-state index >= 15 is 0 Å². The monoisotopic (exact) mass is 276 g/mol. The molecule has 6 nitrogen and oxygen atoms in total.